The minimum atomic E-state index is -0.0777. The van der Waals surface area contributed by atoms with Gasteiger partial charge in [-0.05, 0) is 56.3 Å². The van der Waals surface area contributed by atoms with E-state index in [1.807, 2.05) is 39.1 Å². The lowest BCUT2D eigenvalue weighted by Gasteiger charge is -2.18. The highest BCUT2D eigenvalue weighted by atomic mass is 16.7. The van der Waals surface area contributed by atoms with E-state index in [0.717, 1.165) is 22.0 Å². The molecule has 29 heavy (non-hydrogen) atoms. The first kappa shape index (κ1) is 20.7. The Morgan fingerprint density at radius 2 is 1.72 bits per heavy atom. The van der Waals surface area contributed by atoms with Gasteiger partial charge in [0.1, 0.15) is 6.54 Å². The molecule has 0 fully saturated rings. The monoisotopic (exact) mass is 398 g/mol. The number of likely N-dealkylation sites (N-methyl/N-ethyl adjacent to an activating group) is 1. The number of anilines is 1. The molecule has 1 unspecified atom stereocenters. The van der Waals surface area contributed by atoms with Gasteiger partial charge in [-0.3, -0.25) is 9.59 Å². The molecule has 2 aromatic carbocycles. The Balaban J connectivity index is 1.51. The molecule has 0 radical (unpaired) electrons. The van der Waals surface area contributed by atoms with Crippen molar-refractivity contribution in [3.63, 3.8) is 0 Å². The van der Waals surface area contributed by atoms with Crippen molar-refractivity contribution in [1.29, 1.82) is 0 Å². The number of ether oxygens (including phenoxy) is 2. The van der Waals surface area contributed by atoms with E-state index in [1.165, 1.54) is 0 Å². The van der Waals surface area contributed by atoms with E-state index in [-0.39, 0.29) is 18.6 Å². The minimum absolute atomic E-state index is 0.000722. The molecule has 0 saturated heterocycles. The third kappa shape index (κ3) is 5.26. The van der Waals surface area contributed by atoms with Gasteiger partial charge in [0.05, 0.1) is 7.05 Å². The van der Waals surface area contributed by atoms with Crippen molar-refractivity contribution in [3.8, 4) is 11.5 Å². The van der Waals surface area contributed by atoms with Gasteiger partial charge in [-0.25, -0.2) is 0 Å². The van der Waals surface area contributed by atoms with Crippen molar-refractivity contribution in [2.24, 2.45) is 0 Å². The second kappa shape index (κ2) is 9.43. The molecule has 1 atom stereocenters. The van der Waals surface area contributed by atoms with Crippen LogP contribution < -0.4 is 19.7 Å². The molecule has 2 aromatic rings. The summed E-state index contributed by atoms with van der Waals surface area (Å²) >= 11 is 0. The summed E-state index contributed by atoms with van der Waals surface area (Å²) in [5.41, 5.74) is 2.39. The largest absolute Gasteiger partial charge is 0.454 e. The zero-order valence-electron chi connectivity index (χ0n) is 17.2. The number of fused-ring (bicyclic) bond motifs is 1. The van der Waals surface area contributed by atoms with Crippen LogP contribution in [-0.4, -0.2) is 50.2 Å². The number of carbonyl (C=O) groups is 2. The van der Waals surface area contributed by atoms with Gasteiger partial charge in [0.15, 0.2) is 18.0 Å². The third-order valence-corrected chi connectivity index (χ3v) is 4.87. The normalized spacial score (nSPS) is 13.1. The zero-order valence-corrected chi connectivity index (χ0v) is 17.2. The molecule has 7 nitrogen and oxygen atoms in total. The molecule has 1 heterocycles. The van der Waals surface area contributed by atoms with Gasteiger partial charge < -0.3 is 24.6 Å². The van der Waals surface area contributed by atoms with Gasteiger partial charge in [0.25, 0.3) is 11.8 Å². The van der Waals surface area contributed by atoms with Crippen LogP contribution in [0.2, 0.25) is 0 Å². The number of carbonyl (C=O) groups excluding carboxylic acids is 2. The Kier molecular flexibility index (Phi) is 6.72. The molecule has 7 heteroatoms. The lowest BCUT2D eigenvalue weighted by molar-refractivity contribution is -0.885. The SMILES string of the molecule is CCN(CC)C(=O)c1ccc(NC(=O)C[NH+](C)Cc2ccc3c(c2)OCO3)cc1. The van der Waals surface area contributed by atoms with Crippen molar-refractivity contribution < 1.29 is 24.0 Å². The fourth-order valence-electron chi connectivity index (χ4n) is 3.33. The highest BCUT2D eigenvalue weighted by Crippen LogP contribution is 2.32. The van der Waals surface area contributed by atoms with Crippen molar-refractivity contribution in [3.05, 3.63) is 53.6 Å². The first-order valence-electron chi connectivity index (χ1n) is 9.89. The van der Waals surface area contributed by atoms with Crippen LogP contribution >= 0.6 is 0 Å². The molecular weight excluding hydrogens is 370 g/mol. The average Bonchev–Trinajstić information content (AvgIpc) is 3.17. The molecule has 2 N–H and O–H groups in total. The van der Waals surface area contributed by atoms with Gasteiger partial charge in [-0.2, -0.15) is 0 Å². The molecule has 0 spiro atoms. The molecule has 154 valence electrons. The molecule has 0 aliphatic carbocycles. The molecule has 0 saturated carbocycles. The van der Waals surface area contributed by atoms with E-state index in [4.69, 9.17) is 9.47 Å². The minimum Gasteiger partial charge on any atom is -0.454 e. The van der Waals surface area contributed by atoms with Gasteiger partial charge >= 0.3 is 0 Å². The Morgan fingerprint density at radius 3 is 2.41 bits per heavy atom. The van der Waals surface area contributed by atoms with Crippen LogP contribution in [0.4, 0.5) is 5.69 Å². The van der Waals surface area contributed by atoms with Gasteiger partial charge in [0.2, 0.25) is 6.79 Å². The van der Waals surface area contributed by atoms with Crippen LogP contribution in [0, 0.1) is 0 Å². The van der Waals surface area contributed by atoms with Crippen LogP contribution in [0.15, 0.2) is 42.5 Å². The van der Waals surface area contributed by atoms with Crippen LogP contribution in [-0.2, 0) is 11.3 Å². The topological polar surface area (TPSA) is 72.3 Å². The maximum Gasteiger partial charge on any atom is 0.279 e. The van der Waals surface area contributed by atoms with Crippen molar-refractivity contribution in [1.82, 2.24) is 4.90 Å². The maximum atomic E-state index is 12.4. The summed E-state index contributed by atoms with van der Waals surface area (Å²) in [4.78, 5) is 27.5. The summed E-state index contributed by atoms with van der Waals surface area (Å²) in [6.45, 7) is 6.54. The van der Waals surface area contributed by atoms with Gasteiger partial charge in [0, 0.05) is 29.9 Å². The summed E-state index contributed by atoms with van der Waals surface area (Å²) in [6.07, 6.45) is 0. The number of amides is 2. The smallest absolute Gasteiger partial charge is 0.279 e. The fourth-order valence-corrected chi connectivity index (χ4v) is 3.33. The molecule has 1 aliphatic heterocycles. The highest BCUT2D eigenvalue weighted by Gasteiger charge is 2.17. The van der Waals surface area contributed by atoms with Crippen molar-refractivity contribution >= 4 is 17.5 Å². The second-order valence-electron chi connectivity index (χ2n) is 7.10. The standard InChI is InChI=1S/C22H27N3O4/c1-4-25(5-2)22(27)17-7-9-18(10-8-17)23-21(26)14-24(3)13-16-6-11-19-20(12-16)29-15-28-19/h6-12H,4-5,13-15H2,1-3H3,(H,23,26)/p+1. The molecule has 0 bridgehead atoms. The summed E-state index contributed by atoms with van der Waals surface area (Å²) in [5.74, 6) is 1.43. The van der Waals surface area contributed by atoms with Crippen LogP contribution in [0.3, 0.4) is 0 Å². The lowest BCUT2D eigenvalue weighted by atomic mass is 10.1. The highest BCUT2D eigenvalue weighted by molar-refractivity contribution is 5.96. The van der Waals surface area contributed by atoms with E-state index in [0.29, 0.717) is 37.4 Å². The Morgan fingerprint density at radius 1 is 1.03 bits per heavy atom. The first-order valence-corrected chi connectivity index (χ1v) is 9.89. The molecular formula is C22H28N3O4+. The Hall–Kier alpha value is -3.06. The number of benzene rings is 2. The summed E-state index contributed by atoms with van der Waals surface area (Å²) in [7, 11) is 1.97. The summed E-state index contributed by atoms with van der Waals surface area (Å²) in [6, 6.07) is 12.9. The van der Waals surface area contributed by atoms with E-state index in [9.17, 15) is 9.59 Å². The molecule has 1 aliphatic rings. The molecule has 0 aromatic heterocycles. The quantitative estimate of drug-likeness (QED) is 0.708. The Bertz CT molecular complexity index is 863. The lowest BCUT2D eigenvalue weighted by Crippen LogP contribution is -3.08. The molecule has 2 amide bonds. The molecule has 3 rings (SSSR count). The third-order valence-electron chi connectivity index (χ3n) is 4.87. The van der Waals surface area contributed by atoms with E-state index in [1.54, 1.807) is 29.2 Å². The summed E-state index contributed by atoms with van der Waals surface area (Å²) in [5, 5.41) is 2.89. The number of hydrogen-bond acceptors (Lipinski definition) is 4. The van der Waals surface area contributed by atoms with Gasteiger partial charge in [-0.15, -0.1) is 0 Å². The van der Waals surface area contributed by atoms with E-state index >= 15 is 0 Å². The van der Waals surface area contributed by atoms with Gasteiger partial charge in [-0.1, -0.05) is 0 Å². The maximum absolute atomic E-state index is 12.4. The van der Waals surface area contributed by atoms with Crippen molar-refractivity contribution in [2.75, 3.05) is 38.8 Å². The summed E-state index contributed by atoms with van der Waals surface area (Å²) < 4.78 is 10.7. The number of hydrogen-bond donors (Lipinski definition) is 2. The van der Waals surface area contributed by atoms with Crippen molar-refractivity contribution in [2.45, 2.75) is 20.4 Å². The van der Waals surface area contributed by atoms with E-state index < -0.39 is 0 Å². The van der Waals surface area contributed by atoms with Crippen LogP contribution in [0.1, 0.15) is 29.8 Å². The predicted molar refractivity (Wildman–Crippen MR) is 110 cm³/mol. The number of nitrogens with zero attached hydrogens (tertiary/aromatic N) is 1. The number of rotatable bonds is 8. The van der Waals surface area contributed by atoms with Crippen LogP contribution in [0.5, 0.6) is 11.5 Å². The first-order chi connectivity index (χ1) is 14.0. The predicted octanol–water partition coefficient (Wildman–Crippen LogP) is 1.55. The average molecular weight is 398 g/mol. The Labute approximate surface area is 171 Å². The number of quaternary nitrogens is 1. The van der Waals surface area contributed by atoms with Crippen LogP contribution in [0.25, 0.3) is 0 Å². The second-order valence-corrected chi connectivity index (χ2v) is 7.10. The fraction of sp³-hybridized carbons (Fsp3) is 0.364. The number of nitrogens with one attached hydrogen (secondary N) is 2. The van der Waals surface area contributed by atoms with E-state index in [2.05, 4.69) is 5.32 Å². The zero-order chi connectivity index (χ0) is 20.8.